The zero-order valence-electron chi connectivity index (χ0n) is 21.1. The topological polar surface area (TPSA) is 106 Å². The molecule has 37 heavy (non-hydrogen) atoms. The molecule has 3 aromatic rings. The number of carbonyl (C=O) groups is 2. The lowest BCUT2D eigenvalue weighted by Gasteiger charge is -2.16. The molecule has 3 N–H and O–H groups in total. The van der Waals surface area contributed by atoms with Crippen molar-refractivity contribution in [2.75, 3.05) is 36.8 Å². The van der Waals surface area contributed by atoms with Crippen molar-refractivity contribution in [2.45, 2.75) is 26.7 Å². The third-order valence-electron chi connectivity index (χ3n) is 6.36. The average Bonchev–Trinajstić information content (AvgIpc) is 3.41. The number of benzene rings is 3. The lowest BCUT2D eigenvalue weighted by atomic mass is 10.1. The lowest BCUT2D eigenvalue weighted by Crippen LogP contribution is -2.33. The minimum Gasteiger partial charge on any atom is -0.455 e. The van der Waals surface area contributed by atoms with Crippen molar-refractivity contribution in [3.05, 3.63) is 82.9 Å². The Morgan fingerprint density at radius 2 is 1.78 bits per heavy atom. The number of amides is 3. The van der Waals surface area contributed by atoms with Gasteiger partial charge in [-0.05, 0) is 99.4 Å². The van der Waals surface area contributed by atoms with Crippen LogP contribution in [-0.2, 0) is 0 Å². The van der Waals surface area contributed by atoms with Crippen molar-refractivity contribution in [3.63, 3.8) is 0 Å². The van der Waals surface area contributed by atoms with Gasteiger partial charge in [-0.1, -0.05) is 12.1 Å². The molecule has 0 bridgehead atoms. The van der Waals surface area contributed by atoms with Crippen LogP contribution in [0.4, 0.5) is 16.2 Å². The van der Waals surface area contributed by atoms with Crippen LogP contribution in [0.25, 0.3) is 0 Å². The molecule has 1 saturated heterocycles. The first-order valence-corrected chi connectivity index (χ1v) is 12.4. The zero-order chi connectivity index (χ0) is 26.2. The predicted octanol–water partition coefficient (Wildman–Crippen LogP) is 5.44. The molecule has 0 unspecified atom stereocenters. The first kappa shape index (κ1) is 25.7. The normalized spacial score (nSPS) is 13.0. The third-order valence-corrected chi connectivity index (χ3v) is 6.36. The van der Waals surface area contributed by atoms with E-state index in [1.54, 1.807) is 42.5 Å². The van der Waals surface area contributed by atoms with E-state index in [2.05, 4.69) is 26.9 Å². The van der Waals surface area contributed by atoms with Crippen molar-refractivity contribution >= 4 is 23.3 Å². The molecule has 0 aromatic heterocycles. The van der Waals surface area contributed by atoms with Gasteiger partial charge in [0.1, 0.15) is 5.75 Å². The van der Waals surface area contributed by atoms with E-state index in [1.165, 1.54) is 12.8 Å². The van der Waals surface area contributed by atoms with Crippen LogP contribution in [0.5, 0.6) is 11.5 Å². The van der Waals surface area contributed by atoms with Gasteiger partial charge in [0.25, 0.3) is 5.91 Å². The second-order valence-electron chi connectivity index (χ2n) is 9.14. The second-order valence-corrected chi connectivity index (χ2v) is 9.14. The van der Waals surface area contributed by atoms with Crippen molar-refractivity contribution in [1.82, 2.24) is 10.2 Å². The number of nitrogens with zero attached hydrogens (tertiary/aromatic N) is 2. The summed E-state index contributed by atoms with van der Waals surface area (Å²) in [4.78, 5) is 28.0. The summed E-state index contributed by atoms with van der Waals surface area (Å²) in [5, 5.41) is 17.6. The van der Waals surface area contributed by atoms with Gasteiger partial charge in [-0.25, -0.2) is 4.79 Å². The fraction of sp³-hybridized carbons (Fsp3) is 0.276. The van der Waals surface area contributed by atoms with Gasteiger partial charge in [0.05, 0.1) is 17.3 Å². The third kappa shape index (κ3) is 7.09. The standard InChI is InChI=1S/C29H31N5O3/c1-20-8-10-25(16-21(20)2)37-27-11-9-23(28(35)31-12-15-34-13-3-4-14-34)18-26(27)33-29(36)32-24-7-5-6-22(17-24)19-30/h5-11,16-18H,3-4,12-15H2,1-2H3,(H,31,35)(H2,32,33,36). The molecule has 0 aliphatic carbocycles. The number of likely N-dealkylation sites (tertiary alicyclic amines) is 1. The summed E-state index contributed by atoms with van der Waals surface area (Å²) in [5.41, 5.74) is 3.89. The molecular formula is C29H31N5O3. The molecule has 4 rings (SSSR count). The summed E-state index contributed by atoms with van der Waals surface area (Å²) in [6.45, 7) is 7.53. The Morgan fingerprint density at radius 1 is 0.973 bits per heavy atom. The van der Waals surface area contributed by atoms with Crippen LogP contribution >= 0.6 is 0 Å². The van der Waals surface area contributed by atoms with E-state index in [0.717, 1.165) is 30.8 Å². The number of hydrogen-bond acceptors (Lipinski definition) is 5. The van der Waals surface area contributed by atoms with Crippen molar-refractivity contribution in [3.8, 4) is 17.6 Å². The quantitative estimate of drug-likeness (QED) is 0.384. The number of nitrogens with one attached hydrogen (secondary N) is 3. The number of urea groups is 1. The molecule has 3 amide bonds. The molecule has 1 aliphatic heterocycles. The molecular weight excluding hydrogens is 466 g/mol. The number of anilines is 2. The van der Waals surface area contributed by atoms with Gasteiger partial charge in [-0.2, -0.15) is 5.26 Å². The van der Waals surface area contributed by atoms with E-state index in [1.807, 2.05) is 32.0 Å². The minimum absolute atomic E-state index is 0.220. The van der Waals surface area contributed by atoms with Crippen molar-refractivity contribution in [1.29, 1.82) is 5.26 Å². The molecule has 1 fully saturated rings. The van der Waals surface area contributed by atoms with Gasteiger partial charge in [0.2, 0.25) is 0 Å². The fourth-order valence-corrected chi connectivity index (χ4v) is 4.15. The van der Waals surface area contributed by atoms with Crippen LogP contribution < -0.4 is 20.7 Å². The van der Waals surface area contributed by atoms with Crippen LogP contribution in [0.15, 0.2) is 60.7 Å². The summed E-state index contributed by atoms with van der Waals surface area (Å²) in [6.07, 6.45) is 2.40. The van der Waals surface area contributed by atoms with Crippen LogP contribution in [0, 0.1) is 25.2 Å². The van der Waals surface area contributed by atoms with Crippen LogP contribution in [0.2, 0.25) is 0 Å². The van der Waals surface area contributed by atoms with Crippen LogP contribution in [0.1, 0.15) is 39.9 Å². The van der Waals surface area contributed by atoms with Crippen molar-refractivity contribution < 1.29 is 14.3 Å². The number of carbonyl (C=O) groups excluding carboxylic acids is 2. The SMILES string of the molecule is Cc1ccc(Oc2ccc(C(=O)NCCN3CCCC3)cc2NC(=O)Nc2cccc(C#N)c2)cc1C. The molecule has 3 aromatic carbocycles. The molecule has 1 heterocycles. The molecule has 8 heteroatoms. The Hall–Kier alpha value is -4.35. The van der Waals surface area contributed by atoms with Crippen LogP contribution in [0.3, 0.4) is 0 Å². The van der Waals surface area contributed by atoms with Crippen LogP contribution in [-0.4, -0.2) is 43.0 Å². The smallest absolute Gasteiger partial charge is 0.323 e. The minimum atomic E-state index is -0.522. The molecule has 1 aliphatic rings. The Kier molecular flexibility index (Phi) is 8.39. The van der Waals surface area contributed by atoms with E-state index >= 15 is 0 Å². The molecule has 8 nitrogen and oxygen atoms in total. The van der Waals surface area contributed by atoms with E-state index in [4.69, 9.17) is 10.00 Å². The molecule has 190 valence electrons. The molecule has 0 saturated carbocycles. The first-order valence-electron chi connectivity index (χ1n) is 12.4. The highest BCUT2D eigenvalue weighted by Gasteiger charge is 2.16. The summed E-state index contributed by atoms with van der Waals surface area (Å²) in [5.74, 6) is 0.802. The first-order chi connectivity index (χ1) is 17.9. The van der Waals surface area contributed by atoms with E-state index in [9.17, 15) is 9.59 Å². The number of aryl methyl sites for hydroxylation is 2. The number of nitriles is 1. The monoisotopic (exact) mass is 497 g/mol. The van der Waals surface area contributed by atoms with Gasteiger partial charge < -0.3 is 25.6 Å². The van der Waals surface area contributed by atoms with Gasteiger partial charge in [-0.15, -0.1) is 0 Å². The predicted molar refractivity (Wildman–Crippen MR) is 144 cm³/mol. The maximum absolute atomic E-state index is 12.8. The van der Waals surface area contributed by atoms with Crippen molar-refractivity contribution in [2.24, 2.45) is 0 Å². The van der Waals surface area contributed by atoms with Gasteiger partial charge in [0, 0.05) is 24.3 Å². The van der Waals surface area contributed by atoms with E-state index in [0.29, 0.717) is 40.5 Å². The Labute approximate surface area is 217 Å². The summed E-state index contributed by atoms with van der Waals surface area (Å²) in [6, 6.07) is 18.9. The molecule has 0 radical (unpaired) electrons. The fourth-order valence-electron chi connectivity index (χ4n) is 4.15. The summed E-state index contributed by atoms with van der Waals surface area (Å²) >= 11 is 0. The average molecular weight is 498 g/mol. The highest BCUT2D eigenvalue weighted by molar-refractivity contribution is 6.02. The maximum Gasteiger partial charge on any atom is 0.323 e. The molecule has 0 spiro atoms. The Balaban J connectivity index is 1.51. The Morgan fingerprint density at radius 3 is 2.54 bits per heavy atom. The number of hydrogen-bond donors (Lipinski definition) is 3. The zero-order valence-corrected chi connectivity index (χ0v) is 21.1. The van der Waals surface area contributed by atoms with E-state index in [-0.39, 0.29) is 5.91 Å². The van der Waals surface area contributed by atoms with Gasteiger partial charge >= 0.3 is 6.03 Å². The number of rotatable bonds is 8. The van der Waals surface area contributed by atoms with Gasteiger partial charge in [-0.3, -0.25) is 4.79 Å². The second kappa shape index (κ2) is 12.1. The molecule has 0 atom stereocenters. The maximum atomic E-state index is 12.8. The summed E-state index contributed by atoms with van der Waals surface area (Å²) < 4.78 is 6.09. The number of ether oxygens (including phenoxy) is 1. The highest BCUT2D eigenvalue weighted by atomic mass is 16.5. The van der Waals surface area contributed by atoms with E-state index < -0.39 is 6.03 Å². The Bertz CT molecular complexity index is 1330. The lowest BCUT2D eigenvalue weighted by molar-refractivity contribution is 0.0949. The largest absolute Gasteiger partial charge is 0.455 e. The highest BCUT2D eigenvalue weighted by Crippen LogP contribution is 2.32. The summed E-state index contributed by atoms with van der Waals surface area (Å²) in [7, 11) is 0. The van der Waals surface area contributed by atoms with Gasteiger partial charge in [0.15, 0.2) is 5.75 Å².